The maximum atomic E-state index is 12.8. The fourth-order valence-electron chi connectivity index (χ4n) is 10.3. The van der Waals surface area contributed by atoms with Gasteiger partial charge in [0.25, 0.3) is 0 Å². The number of epoxide rings is 1. The molecule has 6 unspecified atom stereocenters. The Labute approximate surface area is 206 Å². The van der Waals surface area contributed by atoms with Gasteiger partial charge in [-0.3, -0.25) is 4.79 Å². The number of carbonyl (C=O) groups excluding carboxylic acids is 1. The van der Waals surface area contributed by atoms with Crippen molar-refractivity contribution in [1.82, 2.24) is 0 Å². The first kappa shape index (κ1) is 23.7. The predicted molar refractivity (Wildman–Crippen MR) is 132 cm³/mol. The lowest BCUT2D eigenvalue weighted by Crippen LogP contribution is -2.57. The molecule has 0 aromatic rings. The number of carbonyl (C=O) groups is 1. The third-order valence-corrected chi connectivity index (χ3v) is 12.7. The van der Waals surface area contributed by atoms with Gasteiger partial charge in [0.05, 0.1) is 11.7 Å². The minimum Gasteiger partial charge on any atom is -0.368 e. The Hall–Kier alpha value is -0.710. The van der Waals surface area contributed by atoms with Crippen LogP contribution in [-0.4, -0.2) is 35.0 Å². The van der Waals surface area contributed by atoms with Crippen LogP contribution in [0.5, 0.6) is 0 Å². The molecule has 0 bridgehead atoms. The summed E-state index contributed by atoms with van der Waals surface area (Å²) in [5.74, 6) is 2.19. The van der Waals surface area contributed by atoms with E-state index in [9.17, 15) is 9.90 Å². The van der Waals surface area contributed by atoms with Gasteiger partial charge in [-0.1, -0.05) is 46.3 Å². The van der Waals surface area contributed by atoms with E-state index in [0.717, 1.165) is 25.7 Å². The van der Waals surface area contributed by atoms with Crippen LogP contribution in [0.1, 0.15) is 99.8 Å². The number of aliphatic hydroxyl groups excluding tert-OH is 1. The van der Waals surface area contributed by atoms with Crippen molar-refractivity contribution in [3.05, 3.63) is 11.6 Å². The van der Waals surface area contributed by atoms with E-state index in [1.54, 1.807) is 5.57 Å². The van der Waals surface area contributed by atoms with Gasteiger partial charge in [-0.15, -0.1) is 0 Å². The highest BCUT2D eigenvalue weighted by molar-refractivity contribution is 5.85. The first-order valence-electron chi connectivity index (χ1n) is 14.0. The highest BCUT2D eigenvalue weighted by Crippen LogP contribution is 2.73. The van der Waals surface area contributed by atoms with Gasteiger partial charge in [-0.25, -0.2) is 0 Å². The van der Waals surface area contributed by atoms with Crippen molar-refractivity contribution < 1.29 is 19.4 Å². The maximum absolute atomic E-state index is 12.8. The number of ether oxygens (including phenoxy) is 2. The molecule has 0 amide bonds. The lowest BCUT2D eigenvalue weighted by atomic mass is 9.41. The van der Waals surface area contributed by atoms with Crippen LogP contribution in [0.2, 0.25) is 0 Å². The van der Waals surface area contributed by atoms with Crippen molar-refractivity contribution >= 4 is 5.78 Å². The van der Waals surface area contributed by atoms with Gasteiger partial charge in [0.15, 0.2) is 6.29 Å². The molecule has 190 valence electrons. The average molecular weight is 471 g/mol. The molecule has 0 spiro atoms. The third-order valence-electron chi connectivity index (χ3n) is 12.7. The molecule has 1 N–H and O–H groups in total. The number of allylic oxidation sites excluding steroid dienone is 2. The van der Waals surface area contributed by atoms with Crippen molar-refractivity contribution in [2.45, 2.75) is 124 Å². The van der Waals surface area contributed by atoms with E-state index in [-0.39, 0.29) is 45.4 Å². The quantitative estimate of drug-likeness (QED) is 0.393. The molecule has 34 heavy (non-hydrogen) atoms. The SMILES string of the molecule is CC1(C)OC1C1C[C@H](C2CC[C@]3(C)C4=CCC5C(C)(C)C(=O)CC[C@]5(C)C4CC[C@@]23C)C(O)O1. The van der Waals surface area contributed by atoms with Crippen LogP contribution >= 0.6 is 0 Å². The molecule has 6 aliphatic rings. The van der Waals surface area contributed by atoms with Crippen molar-refractivity contribution in [3.63, 3.8) is 0 Å². The Bertz CT molecular complexity index is 934. The van der Waals surface area contributed by atoms with E-state index < -0.39 is 6.29 Å². The summed E-state index contributed by atoms with van der Waals surface area (Å²) in [5, 5.41) is 11.0. The Kier molecular flexibility index (Phi) is 4.86. The van der Waals surface area contributed by atoms with Gasteiger partial charge in [-0.05, 0) is 92.8 Å². The van der Waals surface area contributed by atoms with Gasteiger partial charge in [0.1, 0.15) is 11.9 Å². The molecule has 0 radical (unpaired) electrons. The van der Waals surface area contributed by atoms with E-state index in [1.165, 1.54) is 25.7 Å². The highest BCUT2D eigenvalue weighted by Gasteiger charge is 2.67. The zero-order valence-corrected chi connectivity index (χ0v) is 22.4. The fourth-order valence-corrected chi connectivity index (χ4v) is 10.3. The molecule has 0 aromatic carbocycles. The molecular formula is C30H46O4. The van der Waals surface area contributed by atoms with Crippen LogP contribution < -0.4 is 0 Å². The van der Waals surface area contributed by atoms with Gasteiger partial charge in [0, 0.05) is 17.8 Å². The summed E-state index contributed by atoms with van der Waals surface area (Å²) >= 11 is 0. The summed E-state index contributed by atoms with van der Waals surface area (Å²) < 4.78 is 12.0. The average Bonchev–Trinajstić information content (AvgIpc) is 3.08. The van der Waals surface area contributed by atoms with Crippen LogP contribution in [0.3, 0.4) is 0 Å². The number of hydrogen-bond acceptors (Lipinski definition) is 4. The van der Waals surface area contributed by atoms with E-state index >= 15 is 0 Å². The topological polar surface area (TPSA) is 59.1 Å². The Morgan fingerprint density at radius 1 is 1.00 bits per heavy atom. The van der Waals surface area contributed by atoms with Gasteiger partial charge in [-0.2, -0.15) is 0 Å². The lowest BCUT2D eigenvalue weighted by Gasteiger charge is -2.63. The summed E-state index contributed by atoms with van der Waals surface area (Å²) in [7, 11) is 0. The molecule has 10 atom stereocenters. The van der Waals surface area contributed by atoms with E-state index in [2.05, 4.69) is 54.5 Å². The number of Topliss-reactive ketones (excluding diaryl/α,β-unsaturated/α-hetero) is 1. The molecule has 5 fully saturated rings. The molecule has 4 nitrogen and oxygen atoms in total. The van der Waals surface area contributed by atoms with E-state index in [0.29, 0.717) is 23.5 Å². The third kappa shape index (κ3) is 2.85. The standard InChI is InChI=1S/C30H46O4/c1-26(2)22-9-8-20-19(28(22,5)13-12-23(26)31)11-15-29(6)18(10-14-30(20,29)7)17-16-21(33-25(17)32)24-27(3,4)34-24/h8,17-19,21-22,24-25,32H,9-16H2,1-7H3/t17-,18?,19?,21?,22?,24?,25?,28-,29+,30-/m1/s1. The van der Waals surface area contributed by atoms with Gasteiger partial charge < -0.3 is 14.6 Å². The molecule has 4 aliphatic carbocycles. The van der Waals surface area contributed by atoms with Gasteiger partial charge in [0.2, 0.25) is 0 Å². The summed E-state index contributed by atoms with van der Waals surface area (Å²) in [4.78, 5) is 12.8. The lowest BCUT2D eigenvalue weighted by molar-refractivity contribution is -0.147. The fraction of sp³-hybridized carbons (Fsp3) is 0.900. The van der Waals surface area contributed by atoms with Crippen LogP contribution in [0.25, 0.3) is 0 Å². The summed E-state index contributed by atoms with van der Waals surface area (Å²) in [5.41, 5.74) is 1.95. The van der Waals surface area contributed by atoms with Crippen molar-refractivity contribution in [1.29, 1.82) is 0 Å². The predicted octanol–water partition coefficient (Wildman–Crippen LogP) is 6.06. The molecule has 2 heterocycles. The smallest absolute Gasteiger partial charge is 0.158 e. The van der Waals surface area contributed by atoms with Crippen LogP contribution in [0, 0.1) is 45.3 Å². The van der Waals surface area contributed by atoms with E-state index in [4.69, 9.17) is 9.47 Å². The minimum atomic E-state index is -0.667. The zero-order valence-electron chi connectivity index (χ0n) is 22.4. The number of aliphatic hydroxyl groups is 1. The van der Waals surface area contributed by atoms with E-state index in [1.807, 2.05) is 0 Å². The molecular weight excluding hydrogens is 424 g/mol. The Morgan fingerprint density at radius 2 is 1.71 bits per heavy atom. The number of hydrogen-bond donors (Lipinski definition) is 1. The maximum Gasteiger partial charge on any atom is 0.158 e. The molecule has 3 saturated carbocycles. The zero-order chi connectivity index (χ0) is 24.5. The van der Waals surface area contributed by atoms with Crippen molar-refractivity contribution in [3.8, 4) is 0 Å². The normalized spacial score (nSPS) is 55.2. The van der Waals surface area contributed by atoms with Crippen LogP contribution in [-0.2, 0) is 14.3 Å². The molecule has 0 aromatic heterocycles. The largest absolute Gasteiger partial charge is 0.368 e. The second-order valence-corrected chi connectivity index (χ2v) is 14.7. The molecule has 2 aliphatic heterocycles. The molecule has 2 saturated heterocycles. The van der Waals surface area contributed by atoms with Crippen molar-refractivity contribution in [2.75, 3.05) is 0 Å². The second-order valence-electron chi connectivity index (χ2n) is 14.7. The summed E-state index contributed by atoms with van der Waals surface area (Å²) in [6, 6.07) is 0. The monoisotopic (exact) mass is 470 g/mol. The first-order valence-corrected chi connectivity index (χ1v) is 14.0. The van der Waals surface area contributed by atoms with Crippen molar-refractivity contribution in [2.24, 2.45) is 45.3 Å². The summed E-state index contributed by atoms with van der Waals surface area (Å²) in [6.45, 7) is 16.2. The first-order chi connectivity index (χ1) is 15.8. The van der Waals surface area contributed by atoms with Gasteiger partial charge >= 0.3 is 0 Å². The van der Waals surface area contributed by atoms with Crippen LogP contribution in [0.4, 0.5) is 0 Å². The summed E-state index contributed by atoms with van der Waals surface area (Å²) in [6.07, 6.45) is 10.6. The number of fused-ring (bicyclic) bond motifs is 5. The van der Waals surface area contributed by atoms with Crippen LogP contribution in [0.15, 0.2) is 11.6 Å². The Balaban J connectivity index is 1.30. The second kappa shape index (κ2) is 6.98. The minimum absolute atomic E-state index is 0.0253. The Morgan fingerprint density at radius 3 is 2.38 bits per heavy atom. The number of ketones is 1. The number of rotatable bonds is 2. The highest BCUT2D eigenvalue weighted by atomic mass is 16.7. The molecule has 6 rings (SSSR count). The molecule has 4 heteroatoms.